The molecule has 5 nitrogen and oxygen atoms in total. The lowest BCUT2D eigenvalue weighted by Gasteiger charge is -2.10. The van der Waals surface area contributed by atoms with Gasteiger partial charge < -0.3 is 14.6 Å². The highest BCUT2D eigenvalue weighted by Crippen LogP contribution is 2.25. The summed E-state index contributed by atoms with van der Waals surface area (Å²) in [6, 6.07) is 24.3. The molecule has 0 saturated carbocycles. The highest BCUT2D eigenvalue weighted by molar-refractivity contribution is 7.99. The Morgan fingerprint density at radius 1 is 1.03 bits per heavy atom. The largest absolute Gasteiger partial charge is 0.497 e. The molecule has 0 aliphatic carbocycles. The summed E-state index contributed by atoms with van der Waals surface area (Å²) in [5.41, 5.74) is 5.46. The van der Waals surface area contributed by atoms with E-state index in [1.165, 1.54) is 22.9 Å². The van der Waals surface area contributed by atoms with Crippen molar-refractivity contribution in [3.05, 3.63) is 89.5 Å². The molecule has 1 amide bonds. The molecule has 4 rings (SSSR count). The fraction of sp³-hybridized carbons (Fsp3) is 0.200. The number of imidazole rings is 1. The number of aromatic nitrogens is 2. The summed E-state index contributed by atoms with van der Waals surface area (Å²) in [7, 11) is 1.64. The Labute approximate surface area is 186 Å². The summed E-state index contributed by atoms with van der Waals surface area (Å²) in [6.07, 6.45) is 0. The molecule has 158 valence electrons. The van der Waals surface area contributed by atoms with E-state index < -0.39 is 0 Å². The second kappa shape index (κ2) is 9.71. The third-order valence-electron chi connectivity index (χ3n) is 5.00. The van der Waals surface area contributed by atoms with Crippen molar-refractivity contribution in [3.8, 4) is 5.75 Å². The van der Waals surface area contributed by atoms with E-state index >= 15 is 0 Å². The fourth-order valence-corrected chi connectivity index (χ4v) is 4.32. The standard InChI is InChI=1S/C25H25N3O2S/c1-18-7-5-9-20(13-18)16-28-23-12-4-3-11-22(23)27-25(28)31-17-24(29)26-15-19-8-6-10-21(14-19)30-2/h3-14H,15-17H2,1-2H3,(H,26,29). The van der Waals surface area contributed by atoms with Gasteiger partial charge in [-0.15, -0.1) is 0 Å². The molecule has 0 fully saturated rings. The Hall–Kier alpha value is -3.25. The van der Waals surface area contributed by atoms with Gasteiger partial charge in [0.2, 0.25) is 5.91 Å². The topological polar surface area (TPSA) is 56.1 Å². The first-order valence-corrected chi connectivity index (χ1v) is 11.1. The van der Waals surface area contributed by atoms with Gasteiger partial charge in [0.05, 0.1) is 30.4 Å². The zero-order valence-corrected chi connectivity index (χ0v) is 18.5. The molecule has 0 aliphatic rings. The predicted octanol–water partition coefficient (Wildman–Crippen LogP) is 4.81. The van der Waals surface area contributed by atoms with Crippen molar-refractivity contribution < 1.29 is 9.53 Å². The molecule has 0 aliphatic heterocycles. The predicted molar refractivity (Wildman–Crippen MR) is 126 cm³/mol. The monoisotopic (exact) mass is 431 g/mol. The SMILES string of the molecule is COc1cccc(CNC(=O)CSc2nc3ccccc3n2Cc2cccc(C)c2)c1. The molecule has 0 saturated heterocycles. The zero-order valence-electron chi connectivity index (χ0n) is 17.7. The van der Waals surface area contributed by atoms with E-state index in [-0.39, 0.29) is 5.91 Å². The lowest BCUT2D eigenvalue weighted by atomic mass is 10.1. The van der Waals surface area contributed by atoms with Gasteiger partial charge in [-0.3, -0.25) is 4.79 Å². The second-order valence-electron chi connectivity index (χ2n) is 7.38. The summed E-state index contributed by atoms with van der Waals surface area (Å²) in [4.78, 5) is 17.2. The van der Waals surface area contributed by atoms with Gasteiger partial charge in [0.25, 0.3) is 0 Å². The van der Waals surface area contributed by atoms with Gasteiger partial charge in [-0.1, -0.05) is 65.9 Å². The fourth-order valence-electron chi connectivity index (χ4n) is 3.47. The number of rotatable bonds is 8. The van der Waals surface area contributed by atoms with Crippen LogP contribution in [0, 0.1) is 6.92 Å². The molecule has 4 aromatic rings. The van der Waals surface area contributed by atoms with Gasteiger partial charge in [0, 0.05) is 6.54 Å². The Morgan fingerprint density at radius 3 is 2.68 bits per heavy atom. The highest BCUT2D eigenvalue weighted by atomic mass is 32.2. The number of nitrogens with one attached hydrogen (secondary N) is 1. The van der Waals surface area contributed by atoms with E-state index in [1.54, 1.807) is 7.11 Å². The van der Waals surface area contributed by atoms with Crippen molar-refractivity contribution >= 4 is 28.7 Å². The maximum atomic E-state index is 12.5. The molecule has 0 spiro atoms. The van der Waals surface area contributed by atoms with E-state index in [1.807, 2.05) is 42.5 Å². The maximum Gasteiger partial charge on any atom is 0.230 e. The number of hydrogen-bond acceptors (Lipinski definition) is 4. The number of hydrogen-bond donors (Lipinski definition) is 1. The van der Waals surface area contributed by atoms with Crippen LogP contribution in [0.3, 0.4) is 0 Å². The molecular weight excluding hydrogens is 406 g/mol. The van der Waals surface area contributed by atoms with Gasteiger partial charge in [-0.2, -0.15) is 0 Å². The molecule has 0 bridgehead atoms. The number of thioether (sulfide) groups is 1. The number of amides is 1. The van der Waals surface area contributed by atoms with Gasteiger partial charge in [-0.25, -0.2) is 4.98 Å². The zero-order chi connectivity index (χ0) is 21.6. The van der Waals surface area contributed by atoms with Crippen LogP contribution in [-0.2, 0) is 17.9 Å². The van der Waals surface area contributed by atoms with Crippen LogP contribution in [0.25, 0.3) is 11.0 Å². The quantitative estimate of drug-likeness (QED) is 0.407. The Balaban J connectivity index is 1.45. The number of ether oxygens (including phenoxy) is 1. The molecule has 0 radical (unpaired) electrons. The number of nitrogens with zero attached hydrogens (tertiary/aromatic N) is 2. The number of aryl methyl sites for hydroxylation is 1. The van der Waals surface area contributed by atoms with Crippen molar-refractivity contribution in [2.45, 2.75) is 25.2 Å². The van der Waals surface area contributed by atoms with Crippen LogP contribution in [0.2, 0.25) is 0 Å². The summed E-state index contributed by atoms with van der Waals surface area (Å²) in [5, 5.41) is 3.83. The highest BCUT2D eigenvalue weighted by Gasteiger charge is 2.13. The number of methoxy groups -OCH3 is 1. The lowest BCUT2D eigenvalue weighted by molar-refractivity contribution is -0.118. The third kappa shape index (κ3) is 5.27. The third-order valence-corrected chi connectivity index (χ3v) is 5.98. The van der Waals surface area contributed by atoms with E-state index in [0.717, 1.165) is 34.0 Å². The van der Waals surface area contributed by atoms with Crippen molar-refractivity contribution in [1.82, 2.24) is 14.9 Å². The van der Waals surface area contributed by atoms with Crippen LogP contribution in [0.5, 0.6) is 5.75 Å². The number of benzene rings is 3. The van der Waals surface area contributed by atoms with E-state index in [4.69, 9.17) is 9.72 Å². The van der Waals surface area contributed by atoms with Gasteiger partial charge >= 0.3 is 0 Å². The number of fused-ring (bicyclic) bond motifs is 1. The van der Waals surface area contributed by atoms with Gasteiger partial charge in [-0.05, 0) is 42.3 Å². The van der Waals surface area contributed by atoms with Crippen molar-refractivity contribution in [2.24, 2.45) is 0 Å². The Kier molecular flexibility index (Phi) is 6.57. The Morgan fingerprint density at radius 2 is 1.84 bits per heavy atom. The van der Waals surface area contributed by atoms with Crippen LogP contribution in [0.15, 0.2) is 78.0 Å². The van der Waals surface area contributed by atoms with E-state index in [2.05, 4.69) is 47.1 Å². The molecular formula is C25H25N3O2S. The Bertz CT molecular complexity index is 1200. The number of carbonyl (C=O) groups excluding carboxylic acids is 1. The number of carbonyl (C=O) groups is 1. The van der Waals surface area contributed by atoms with Crippen LogP contribution in [0.1, 0.15) is 16.7 Å². The van der Waals surface area contributed by atoms with Gasteiger partial charge in [0.15, 0.2) is 5.16 Å². The minimum atomic E-state index is -0.0259. The normalized spacial score (nSPS) is 10.9. The second-order valence-corrected chi connectivity index (χ2v) is 8.32. The molecule has 0 atom stereocenters. The summed E-state index contributed by atoms with van der Waals surface area (Å²) in [6.45, 7) is 3.28. The molecule has 1 aromatic heterocycles. The molecule has 1 heterocycles. The first kappa shape index (κ1) is 21.0. The minimum Gasteiger partial charge on any atom is -0.497 e. The summed E-state index contributed by atoms with van der Waals surface area (Å²) in [5.74, 6) is 1.06. The summed E-state index contributed by atoms with van der Waals surface area (Å²) >= 11 is 1.46. The van der Waals surface area contributed by atoms with Crippen LogP contribution < -0.4 is 10.1 Å². The van der Waals surface area contributed by atoms with Crippen LogP contribution in [-0.4, -0.2) is 28.3 Å². The molecule has 1 N–H and O–H groups in total. The maximum absolute atomic E-state index is 12.5. The van der Waals surface area contributed by atoms with E-state index in [9.17, 15) is 4.79 Å². The number of para-hydroxylation sites is 2. The van der Waals surface area contributed by atoms with Crippen LogP contribution in [0.4, 0.5) is 0 Å². The van der Waals surface area contributed by atoms with Crippen molar-refractivity contribution in [2.75, 3.05) is 12.9 Å². The lowest BCUT2D eigenvalue weighted by Crippen LogP contribution is -2.24. The summed E-state index contributed by atoms with van der Waals surface area (Å²) < 4.78 is 7.42. The first-order valence-electron chi connectivity index (χ1n) is 10.2. The average molecular weight is 432 g/mol. The van der Waals surface area contributed by atoms with Crippen LogP contribution >= 0.6 is 11.8 Å². The molecule has 6 heteroatoms. The van der Waals surface area contributed by atoms with E-state index in [0.29, 0.717) is 12.3 Å². The molecule has 0 unspecified atom stereocenters. The van der Waals surface area contributed by atoms with Crippen molar-refractivity contribution in [3.63, 3.8) is 0 Å². The first-order chi connectivity index (χ1) is 15.1. The average Bonchev–Trinajstić information content (AvgIpc) is 3.14. The minimum absolute atomic E-state index is 0.0259. The molecule has 3 aromatic carbocycles. The molecule has 31 heavy (non-hydrogen) atoms. The van der Waals surface area contributed by atoms with Gasteiger partial charge in [0.1, 0.15) is 5.75 Å². The van der Waals surface area contributed by atoms with Crippen molar-refractivity contribution in [1.29, 1.82) is 0 Å². The smallest absolute Gasteiger partial charge is 0.230 e.